The van der Waals surface area contributed by atoms with E-state index in [0.717, 1.165) is 18.4 Å². The SMILES string of the molecule is CCCCCCCC=CCCC1OCC(C(C)CC(=O)c2ccccc2)O1. The molecule has 1 aromatic rings. The molecule has 3 atom stereocenters. The molecule has 1 saturated heterocycles. The summed E-state index contributed by atoms with van der Waals surface area (Å²) in [5, 5.41) is 0. The van der Waals surface area contributed by atoms with Crippen LogP contribution in [0, 0.1) is 5.92 Å². The maximum absolute atomic E-state index is 12.3. The minimum atomic E-state index is -0.126. The third-order valence-electron chi connectivity index (χ3n) is 5.22. The standard InChI is InChI=1S/C24H36O3/c1-3-4-5-6-7-8-9-10-14-17-24-26-19-23(27-24)20(2)18-22(25)21-15-12-11-13-16-21/h9-13,15-16,20,23-24H,3-8,14,17-19H2,1-2H3. The number of hydrogen-bond acceptors (Lipinski definition) is 3. The van der Waals surface area contributed by atoms with E-state index in [1.165, 1.54) is 38.5 Å². The van der Waals surface area contributed by atoms with E-state index in [4.69, 9.17) is 9.47 Å². The highest BCUT2D eigenvalue weighted by atomic mass is 16.7. The van der Waals surface area contributed by atoms with Gasteiger partial charge in [-0.05, 0) is 25.2 Å². The van der Waals surface area contributed by atoms with E-state index in [2.05, 4.69) is 26.0 Å². The number of unbranched alkanes of at least 4 members (excludes halogenated alkanes) is 5. The zero-order valence-corrected chi connectivity index (χ0v) is 17.1. The van der Waals surface area contributed by atoms with E-state index in [1.54, 1.807) is 0 Å². The Balaban J connectivity index is 1.58. The fourth-order valence-corrected chi connectivity index (χ4v) is 3.42. The molecule has 0 spiro atoms. The van der Waals surface area contributed by atoms with Crippen molar-refractivity contribution in [1.29, 1.82) is 0 Å². The van der Waals surface area contributed by atoms with Crippen LogP contribution in [-0.2, 0) is 9.47 Å². The topological polar surface area (TPSA) is 35.5 Å². The number of Topliss-reactive ketones (excluding diaryl/α,β-unsaturated/α-hetero) is 1. The summed E-state index contributed by atoms with van der Waals surface area (Å²) in [4.78, 5) is 12.3. The Kier molecular flexibility index (Phi) is 10.4. The van der Waals surface area contributed by atoms with Crippen molar-refractivity contribution in [2.45, 2.75) is 84.0 Å². The second-order valence-corrected chi connectivity index (χ2v) is 7.66. The highest BCUT2D eigenvalue weighted by Crippen LogP contribution is 2.25. The van der Waals surface area contributed by atoms with Crippen molar-refractivity contribution < 1.29 is 14.3 Å². The van der Waals surface area contributed by atoms with Gasteiger partial charge in [0.05, 0.1) is 12.7 Å². The molecule has 0 saturated carbocycles. The maximum Gasteiger partial charge on any atom is 0.163 e. The lowest BCUT2D eigenvalue weighted by Gasteiger charge is -2.17. The molecule has 0 aliphatic carbocycles. The first-order chi connectivity index (χ1) is 13.2. The third-order valence-corrected chi connectivity index (χ3v) is 5.22. The van der Waals surface area contributed by atoms with Gasteiger partial charge in [-0.25, -0.2) is 0 Å². The van der Waals surface area contributed by atoms with Crippen LogP contribution in [0.5, 0.6) is 0 Å². The number of ether oxygens (including phenoxy) is 2. The maximum atomic E-state index is 12.3. The van der Waals surface area contributed by atoms with Crippen molar-refractivity contribution >= 4 is 5.78 Å². The zero-order valence-electron chi connectivity index (χ0n) is 17.1. The van der Waals surface area contributed by atoms with Crippen LogP contribution in [0.4, 0.5) is 0 Å². The van der Waals surface area contributed by atoms with E-state index in [1.807, 2.05) is 30.3 Å². The Morgan fingerprint density at radius 1 is 1.11 bits per heavy atom. The number of rotatable bonds is 13. The van der Waals surface area contributed by atoms with Gasteiger partial charge in [-0.2, -0.15) is 0 Å². The molecule has 0 radical (unpaired) electrons. The molecule has 150 valence electrons. The van der Waals surface area contributed by atoms with Crippen LogP contribution in [0.3, 0.4) is 0 Å². The summed E-state index contributed by atoms with van der Waals surface area (Å²) in [6.45, 7) is 4.92. The van der Waals surface area contributed by atoms with Crippen LogP contribution in [-0.4, -0.2) is 24.8 Å². The van der Waals surface area contributed by atoms with Gasteiger partial charge in [0.15, 0.2) is 12.1 Å². The summed E-state index contributed by atoms with van der Waals surface area (Å²) in [5.41, 5.74) is 0.777. The predicted octanol–water partition coefficient (Wildman–Crippen LogP) is 6.33. The number of hydrogen-bond donors (Lipinski definition) is 0. The van der Waals surface area contributed by atoms with Crippen molar-refractivity contribution in [3.8, 4) is 0 Å². The summed E-state index contributed by atoms with van der Waals surface area (Å²) in [5.74, 6) is 0.346. The van der Waals surface area contributed by atoms with Gasteiger partial charge in [0.25, 0.3) is 0 Å². The molecule has 2 rings (SSSR count). The third kappa shape index (κ3) is 8.40. The fraction of sp³-hybridized carbons (Fsp3) is 0.625. The van der Waals surface area contributed by atoms with Gasteiger partial charge in [0.1, 0.15) is 0 Å². The fourth-order valence-electron chi connectivity index (χ4n) is 3.42. The Labute approximate surface area is 165 Å². The van der Waals surface area contributed by atoms with Gasteiger partial charge in [-0.15, -0.1) is 0 Å². The molecule has 0 N–H and O–H groups in total. The summed E-state index contributed by atoms with van der Waals surface area (Å²) in [6, 6.07) is 9.49. The molecule has 27 heavy (non-hydrogen) atoms. The van der Waals surface area contributed by atoms with Gasteiger partial charge in [-0.1, -0.05) is 82.0 Å². The molecule has 0 aromatic heterocycles. The van der Waals surface area contributed by atoms with E-state index in [0.29, 0.717) is 13.0 Å². The van der Waals surface area contributed by atoms with Gasteiger partial charge in [0.2, 0.25) is 0 Å². The Morgan fingerprint density at radius 3 is 2.63 bits per heavy atom. The lowest BCUT2D eigenvalue weighted by atomic mass is 9.95. The highest BCUT2D eigenvalue weighted by Gasteiger charge is 2.30. The van der Waals surface area contributed by atoms with Crippen molar-refractivity contribution in [1.82, 2.24) is 0 Å². The number of ketones is 1. The Morgan fingerprint density at radius 2 is 1.85 bits per heavy atom. The van der Waals surface area contributed by atoms with E-state index in [-0.39, 0.29) is 24.1 Å². The molecule has 1 aliphatic rings. The molecular weight excluding hydrogens is 336 g/mol. The second-order valence-electron chi connectivity index (χ2n) is 7.66. The van der Waals surface area contributed by atoms with Crippen molar-refractivity contribution in [3.05, 3.63) is 48.0 Å². The number of allylic oxidation sites excluding steroid dienone is 2. The van der Waals surface area contributed by atoms with Crippen molar-refractivity contribution in [3.63, 3.8) is 0 Å². The van der Waals surface area contributed by atoms with Crippen LogP contribution >= 0.6 is 0 Å². The quantitative estimate of drug-likeness (QED) is 0.230. The average Bonchev–Trinajstić information content (AvgIpc) is 3.16. The van der Waals surface area contributed by atoms with Gasteiger partial charge in [0, 0.05) is 18.4 Å². The molecule has 3 unspecified atom stereocenters. The first kappa shape index (κ1) is 21.8. The summed E-state index contributed by atoms with van der Waals surface area (Å²) < 4.78 is 11.8. The highest BCUT2D eigenvalue weighted by molar-refractivity contribution is 5.96. The Bertz CT molecular complexity index is 552. The number of benzene rings is 1. The molecule has 1 aliphatic heterocycles. The molecule has 3 heteroatoms. The van der Waals surface area contributed by atoms with E-state index >= 15 is 0 Å². The predicted molar refractivity (Wildman–Crippen MR) is 111 cm³/mol. The molecule has 1 heterocycles. The summed E-state index contributed by atoms with van der Waals surface area (Å²) in [7, 11) is 0. The normalized spacial score (nSPS) is 21.0. The first-order valence-electron chi connectivity index (χ1n) is 10.7. The van der Waals surface area contributed by atoms with Crippen LogP contribution in [0.2, 0.25) is 0 Å². The van der Waals surface area contributed by atoms with E-state index < -0.39 is 0 Å². The first-order valence-corrected chi connectivity index (χ1v) is 10.7. The molecule has 0 amide bonds. The Hall–Kier alpha value is -1.45. The van der Waals surface area contributed by atoms with Crippen molar-refractivity contribution in [2.24, 2.45) is 5.92 Å². The number of carbonyl (C=O) groups is 1. The van der Waals surface area contributed by atoms with Gasteiger partial charge >= 0.3 is 0 Å². The average molecular weight is 373 g/mol. The monoisotopic (exact) mass is 372 g/mol. The molecule has 0 bridgehead atoms. The minimum Gasteiger partial charge on any atom is -0.350 e. The van der Waals surface area contributed by atoms with Gasteiger partial charge in [-0.3, -0.25) is 4.79 Å². The van der Waals surface area contributed by atoms with Crippen LogP contribution in [0.25, 0.3) is 0 Å². The second kappa shape index (κ2) is 12.9. The zero-order chi connectivity index (χ0) is 19.3. The summed E-state index contributed by atoms with van der Waals surface area (Å²) >= 11 is 0. The molecular formula is C24H36O3. The van der Waals surface area contributed by atoms with Crippen LogP contribution in [0.1, 0.15) is 82.0 Å². The largest absolute Gasteiger partial charge is 0.350 e. The molecule has 3 nitrogen and oxygen atoms in total. The number of carbonyl (C=O) groups excluding carboxylic acids is 1. The van der Waals surface area contributed by atoms with Crippen LogP contribution in [0.15, 0.2) is 42.5 Å². The van der Waals surface area contributed by atoms with Crippen LogP contribution < -0.4 is 0 Å². The minimum absolute atomic E-state index is 0.0187. The lowest BCUT2D eigenvalue weighted by Crippen LogP contribution is -2.23. The lowest BCUT2D eigenvalue weighted by molar-refractivity contribution is -0.0689. The smallest absolute Gasteiger partial charge is 0.163 e. The van der Waals surface area contributed by atoms with Gasteiger partial charge < -0.3 is 9.47 Å². The molecule has 1 fully saturated rings. The molecule has 1 aromatic carbocycles. The van der Waals surface area contributed by atoms with Crippen molar-refractivity contribution in [2.75, 3.05) is 6.61 Å². The van der Waals surface area contributed by atoms with E-state index in [9.17, 15) is 4.79 Å². The summed E-state index contributed by atoms with van der Waals surface area (Å²) in [6.07, 6.45) is 14.7.